The maximum atomic E-state index is 12.0. The summed E-state index contributed by atoms with van der Waals surface area (Å²) in [5.41, 5.74) is 1.05. The maximum absolute atomic E-state index is 12.0. The van der Waals surface area contributed by atoms with Gasteiger partial charge in [0, 0.05) is 11.6 Å². The number of hydrogen-bond donors (Lipinski definition) is 2. The number of aromatic nitrogens is 3. The molecule has 8 heteroatoms. The number of amides is 2. The number of benzene rings is 1. The first-order valence-corrected chi connectivity index (χ1v) is 8.31. The molecule has 0 saturated carbocycles. The molecule has 1 fully saturated rings. The summed E-state index contributed by atoms with van der Waals surface area (Å²) in [6.07, 6.45) is 3.66. The summed E-state index contributed by atoms with van der Waals surface area (Å²) >= 11 is 5.87. The molecule has 128 valence electrons. The molecule has 1 aliphatic rings. The first-order valence-electron chi connectivity index (χ1n) is 7.93. The summed E-state index contributed by atoms with van der Waals surface area (Å²) in [5, 5.41) is 10.4. The quantitative estimate of drug-likeness (QED) is 0.869. The number of anilines is 1. The third-order valence-electron chi connectivity index (χ3n) is 3.90. The minimum absolute atomic E-state index is 0.0522. The standard InChI is InChI=1S/C16H20ClN5O2/c1-11(14-3-2-8-24-14)19-16(23)20-15-18-10-22(21-15)9-12-4-6-13(17)7-5-12/h4-7,10-11,14H,2-3,8-9H2,1H3,(H2,19,20,21,23)/t11-,14+/m1/s1. The van der Waals surface area contributed by atoms with Gasteiger partial charge in [-0.25, -0.2) is 14.5 Å². The van der Waals surface area contributed by atoms with E-state index < -0.39 is 0 Å². The molecule has 0 radical (unpaired) electrons. The number of rotatable bonds is 5. The van der Waals surface area contributed by atoms with E-state index in [1.807, 2.05) is 31.2 Å². The van der Waals surface area contributed by atoms with Crippen LogP contribution >= 0.6 is 11.6 Å². The lowest BCUT2D eigenvalue weighted by Crippen LogP contribution is -2.43. The highest BCUT2D eigenvalue weighted by Crippen LogP contribution is 2.15. The number of carbonyl (C=O) groups excluding carboxylic acids is 1. The first kappa shape index (κ1) is 16.7. The monoisotopic (exact) mass is 349 g/mol. The molecule has 2 atom stereocenters. The molecule has 1 aromatic carbocycles. The Bertz CT molecular complexity index is 682. The fraction of sp³-hybridized carbons (Fsp3) is 0.438. The van der Waals surface area contributed by atoms with Crippen LogP contribution in [0.5, 0.6) is 0 Å². The Morgan fingerprint density at radius 2 is 2.25 bits per heavy atom. The topological polar surface area (TPSA) is 81.1 Å². The fourth-order valence-electron chi connectivity index (χ4n) is 2.64. The third kappa shape index (κ3) is 4.46. The van der Waals surface area contributed by atoms with Crippen molar-refractivity contribution in [2.24, 2.45) is 0 Å². The summed E-state index contributed by atoms with van der Waals surface area (Å²) < 4.78 is 7.21. The Labute approximate surface area is 145 Å². The average Bonchev–Trinajstić information content (AvgIpc) is 3.21. The Morgan fingerprint density at radius 3 is 2.96 bits per heavy atom. The Morgan fingerprint density at radius 1 is 1.46 bits per heavy atom. The highest BCUT2D eigenvalue weighted by molar-refractivity contribution is 6.30. The van der Waals surface area contributed by atoms with Crippen molar-refractivity contribution in [1.29, 1.82) is 0 Å². The normalized spacial score (nSPS) is 18.3. The smallest absolute Gasteiger partial charge is 0.321 e. The van der Waals surface area contributed by atoms with Crippen LogP contribution in [0, 0.1) is 0 Å². The summed E-state index contributed by atoms with van der Waals surface area (Å²) in [5.74, 6) is 0.265. The number of halogens is 1. The van der Waals surface area contributed by atoms with Crippen LogP contribution in [0.15, 0.2) is 30.6 Å². The molecule has 0 aliphatic carbocycles. The molecule has 0 unspecified atom stereocenters. The van der Waals surface area contributed by atoms with E-state index in [1.54, 1.807) is 11.0 Å². The van der Waals surface area contributed by atoms with Crippen LogP contribution in [-0.4, -0.2) is 39.5 Å². The van der Waals surface area contributed by atoms with Gasteiger partial charge in [-0.1, -0.05) is 23.7 Å². The van der Waals surface area contributed by atoms with Gasteiger partial charge < -0.3 is 10.1 Å². The third-order valence-corrected chi connectivity index (χ3v) is 4.15. The van der Waals surface area contributed by atoms with Crippen molar-refractivity contribution in [1.82, 2.24) is 20.1 Å². The van der Waals surface area contributed by atoms with Gasteiger partial charge >= 0.3 is 6.03 Å². The lowest BCUT2D eigenvalue weighted by Gasteiger charge is -2.19. The van der Waals surface area contributed by atoms with E-state index in [1.165, 1.54) is 0 Å². The highest BCUT2D eigenvalue weighted by atomic mass is 35.5. The summed E-state index contributed by atoms with van der Waals surface area (Å²) in [7, 11) is 0. The van der Waals surface area contributed by atoms with Gasteiger partial charge in [-0.15, -0.1) is 5.10 Å². The van der Waals surface area contributed by atoms with Crippen molar-refractivity contribution >= 4 is 23.6 Å². The van der Waals surface area contributed by atoms with Crippen molar-refractivity contribution in [2.75, 3.05) is 11.9 Å². The predicted molar refractivity (Wildman–Crippen MR) is 91.2 cm³/mol. The number of nitrogens with one attached hydrogen (secondary N) is 2. The van der Waals surface area contributed by atoms with Crippen molar-refractivity contribution in [3.8, 4) is 0 Å². The molecule has 0 bridgehead atoms. The summed E-state index contributed by atoms with van der Waals surface area (Å²) in [4.78, 5) is 16.1. The van der Waals surface area contributed by atoms with Crippen molar-refractivity contribution < 1.29 is 9.53 Å². The van der Waals surface area contributed by atoms with Gasteiger partial charge in [-0.2, -0.15) is 0 Å². The molecule has 1 saturated heterocycles. The molecule has 2 amide bonds. The van der Waals surface area contributed by atoms with Gasteiger partial charge in [0.15, 0.2) is 0 Å². The Hall–Kier alpha value is -2.12. The van der Waals surface area contributed by atoms with Gasteiger partial charge in [0.1, 0.15) is 6.33 Å². The molecular formula is C16H20ClN5O2. The van der Waals surface area contributed by atoms with Crippen LogP contribution in [0.4, 0.5) is 10.7 Å². The molecule has 1 aliphatic heterocycles. The number of urea groups is 1. The van der Waals surface area contributed by atoms with Gasteiger partial charge in [-0.05, 0) is 37.5 Å². The zero-order chi connectivity index (χ0) is 16.9. The minimum Gasteiger partial charge on any atom is -0.376 e. The molecule has 3 rings (SSSR count). The van der Waals surface area contributed by atoms with E-state index in [-0.39, 0.29) is 24.1 Å². The molecule has 2 heterocycles. The van der Waals surface area contributed by atoms with E-state index >= 15 is 0 Å². The van der Waals surface area contributed by atoms with Crippen LogP contribution in [0.2, 0.25) is 5.02 Å². The summed E-state index contributed by atoms with van der Waals surface area (Å²) in [6, 6.07) is 7.12. The van der Waals surface area contributed by atoms with Gasteiger partial charge in [-0.3, -0.25) is 5.32 Å². The van der Waals surface area contributed by atoms with Crippen LogP contribution in [0.3, 0.4) is 0 Å². The van der Waals surface area contributed by atoms with Gasteiger partial charge in [0.2, 0.25) is 5.95 Å². The van der Waals surface area contributed by atoms with Crippen molar-refractivity contribution in [3.63, 3.8) is 0 Å². The lowest BCUT2D eigenvalue weighted by molar-refractivity contribution is 0.0868. The van der Waals surface area contributed by atoms with E-state index in [2.05, 4.69) is 20.7 Å². The molecule has 2 aromatic rings. The molecule has 24 heavy (non-hydrogen) atoms. The van der Waals surface area contributed by atoms with Crippen LogP contribution in [0.25, 0.3) is 0 Å². The second kappa shape index (κ2) is 7.63. The van der Waals surface area contributed by atoms with E-state index in [4.69, 9.17) is 16.3 Å². The van der Waals surface area contributed by atoms with Crippen LogP contribution in [-0.2, 0) is 11.3 Å². The average molecular weight is 350 g/mol. The lowest BCUT2D eigenvalue weighted by atomic mass is 10.1. The second-order valence-corrected chi connectivity index (χ2v) is 6.27. The number of hydrogen-bond acceptors (Lipinski definition) is 4. The van der Waals surface area contributed by atoms with Gasteiger partial charge in [0.25, 0.3) is 0 Å². The maximum Gasteiger partial charge on any atom is 0.321 e. The zero-order valence-corrected chi connectivity index (χ0v) is 14.2. The van der Waals surface area contributed by atoms with Crippen LogP contribution < -0.4 is 10.6 Å². The summed E-state index contributed by atoms with van der Waals surface area (Å²) in [6.45, 7) is 3.25. The Balaban J connectivity index is 1.51. The minimum atomic E-state index is -0.331. The zero-order valence-electron chi connectivity index (χ0n) is 13.4. The molecule has 0 spiro atoms. The van der Waals surface area contributed by atoms with E-state index in [9.17, 15) is 4.79 Å². The van der Waals surface area contributed by atoms with E-state index in [0.717, 1.165) is 25.0 Å². The fourth-order valence-corrected chi connectivity index (χ4v) is 2.77. The number of ether oxygens (including phenoxy) is 1. The predicted octanol–water partition coefficient (Wildman–Crippen LogP) is 2.67. The van der Waals surface area contributed by atoms with Crippen LogP contribution in [0.1, 0.15) is 25.3 Å². The second-order valence-electron chi connectivity index (χ2n) is 5.83. The largest absolute Gasteiger partial charge is 0.376 e. The number of carbonyl (C=O) groups is 1. The Kier molecular flexibility index (Phi) is 5.32. The number of nitrogens with zero attached hydrogens (tertiary/aromatic N) is 3. The van der Waals surface area contributed by atoms with E-state index in [0.29, 0.717) is 11.6 Å². The molecule has 2 N–H and O–H groups in total. The van der Waals surface area contributed by atoms with Crippen molar-refractivity contribution in [2.45, 2.75) is 38.5 Å². The molecule has 7 nitrogen and oxygen atoms in total. The molecule has 1 aromatic heterocycles. The SMILES string of the molecule is C[C@@H](NC(=O)Nc1ncn(Cc2ccc(Cl)cc2)n1)[C@@H]1CCCO1. The van der Waals surface area contributed by atoms with Crippen molar-refractivity contribution in [3.05, 3.63) is 41.2 Å². The first-order chi connectivity index (χ1) is 11.6. The highest BCUT2D eigenvalue weighted by Gasteiger charge is 2.23. The van der Waals surface area contributed by atoms with Gasteiger partial charge in [0.05, 0.1) is 18.7 Å². The molecular weight excluding hydrogens is 330 g/mol.